The van der Waals surface area contributed by atoms with E-state index in [2.05, 4.69) is 5.32 Å². The summed E-state index contributed by atoms with van der Waals surface area (Å²) in [6.45, 7) is 2.83. The summed E-state index contributed by atoms with van der Waals surface area (Å²) in [4.78, 5) is 35.6. The molecular formula is C15H16N2O4. The van der Waals surface area contributed by atoms with Crippen LogP contribution in [0.1, 0.15) is 21.5 Å². The smallest absolute Gasteiger partial charge is 0.328 e. The van der Waals surface area contributed by atoms with Gasteiger partial charge in [0.15, 0.2) is 0 Å². The first kappa shape index (κ1) is 14.8. The Morgan fingerprint density at radius 2 is 2.14 bits per heavy atom. The van der Waals surface area contributed by atoms with Crippen LogP contribution in [-0.2, 0) is 9.59 Å². The molecule has 2 rings (SSSR count). The zero-order valence-electron chi connectivity index (χ0n) is 11.6. The number of aryl methyl sites for hydroxylation is 1. The summed E-state index contributed by atoms with van der Waals surface area (Å²) in [6.07, 6.45) is 2.54. The van der Waals surface area contributed by atoms with Crippen LogP contribution in [0.25, 0.3) is 6.08 Å². The molecule has 1 aromatic carbocycles. The van der Waals surface area contributed by atoms with Gasteiger partial charge >= 0.3 is 5.97 Å². The predicted molar refractivity (Wildman–Crippen MR) is 76.8 cm³/mol. The maximum absolute atomic E-state index is 12.3. The third-order valence-corrected chi connectivity index (χ3v) is 3.25. The lowest BCUT2D eigenvalue weighted by molar-refractivity contribution is -0.131. The lowest BCUT2D eigenvalue weighted by Gasteiger charge is -2.26. The predicted octanol–water partition coefficient (Wildman–Crippen LogP) is 0.665. The van der Waals surface area contributed by atoms with Crippen LogP contribution in [0.5, 0.6) is 0 Å². The quantitative estimate of drug-likeness (QED) is 0.800. The van der Waals surface area contributed by atoms with Crippen LogP contribution in [0.3, 0.4) is 0 Å². The number of hydrogen-bond donors (Lipinski definition) is 2. The molecule has 1 heterocycles. The standard InChI is InChI=1S/C15H16N2O4/c1-10-8-12(3-2-11(10)4-5-14(19)20)15(21)17-7-6-16-13(18)9-17/h2-5,8H,6-7,9H2,1H3,(H,16,18)(H,19,20)/b5-4+. The van der Waals surface area contributed by atoms with Gasteiger partial charge in [0, 0.05) is 24.7 Å². The van der Waals surface area contributed by atoms with Crippen molar-refractivity contribution in [1.29, 1.82) is 0 Å². The number of amides is 2. The molecule has 6 heteroatoms. The summed E-state index contributed by atoms with van der Waals surface area (Å²) in [5.41, 5.74) is 2.04. The van der Waals surface area contributed by atoms with Crippen molar-refractivity contribution in [3.05, 3.63) is 41.0 Å². The van der Waals surface area contributed by atoms with E-state index >= 15 is 0 Å². The van der Waals surface area contributed by atoms with E-state index in [1.165, 1.54) is 11.0 Å². The van der Waals surface area contributed by atoms with Gasteiger partial charge in [0.2, 0.25) is 5.91 Å². The molecule has 2 amide bonds. The molecule has 0 saturated carbocycles. The van der Waals surface area contributed by atoms with Crippen LogP contribution in [0.15, 0.2) is 24.3 Å². The molecular weight excluding hydrogens is 272 g/mol. The van der Waals surface area contributed by atoms with E-state index in [0.717, 1.165) is 17.2 Å². The van der Waals surface area contributed by atoms with E-state index < -0.39 is 5.97 Å². The van der Waals surface area contributed by atoms with Crippen LogP contribution < -0.4 is 5.32 Å². The maximum atomic E-state index is 12.3. The summed E-state index contributed by atoms with van der Waals surface area (Å²) in [6, 6.07) is 5.05. The lowest BCUT2D eigenvalue weighted by atomic mass is 10.0. The molecule has 0 aromatic heterocycles. The van der Waals surface area contributed by atoms with Crippen LogP contribution in [0.4, 0.5) is 0 Å². The summed E-state index contributed by atoms with van der Waals surface area (Å²) in [5.74, 6) is -1.37. The van der Waals surface area contributed by atoms with Crippen molar-refractivity contribution in [3.63, 3.8) is 0 Å². The minimum absolute atomic E-state index is 0.0680. The molecule has 1 aliphatic heterocycles. The Morgan fingerprint density at radius 1 is 1.38 bits per heavy atom. The Bertz CT molecular complexity index is 622. The molecule has 1 aliphatic rings. The van der Waals surface area contributed by atoms with Gasteiger partial charge in [0.1, 0.15) is 0 Å². The number of carbonyl (C=O) groups excluding carboxylic acids is 2. The van der Waals surface area contributed by atoms with Gasteiger partial charge in [-0.2, -0.15) is 0 Å². The van der Waals surface area contributed by atoms with Crippen molar-refractivity contribution in [2.75, 3.05) is 19.6 Å². The second kappa shape index (κ2) is 6.21. The minimum Gasteiger partial charge on any atom is -0.478 e. The maximum Gasteiger partial charge on any atom is 0.328 e. The number of carboxylic acids is 1. The second-order valence-electron chi connectivity index (χ2n) is 4.82. The first-order valence-corrected chi connectivity index (χ1v) is 6.55. The van der Waals surface area contributed by atoms with Gasteiger partial charge in [-0.05, 0) is 36.3 Å². The Morgan fingerprint density at radius 3 is 2.76 bits per heavy atom. The third-order valence-electron chi connectivity index (χ3n) is 3.25. The van der Waals surface area contributed by atoms with Crippen molar-refractivity contribution < 1.29 is 19.5 Å². The fourth-order valence-electron chi connectivity index (χ4n) is 2.15. The average molecular weight is 288 g/mol. The monoisotopic (exact) mass is 288 g/mol. The number of carbonyl (C=O) groups is 3. The topological polar surface area (TPSA) is 86.7 Å². The number of aliphatic carboxylic acids is 1. The van der Waals surface area contributed by atoms with E-state index in [9.17, 15) is 14.4 Å². The van der Waals surface area contributed by atoms with Crippen LogP contribution in [0, 0.1) is 6.92 Å². The number of rotatable bonds is 3. The first-order chi connectivity index (χ1) is 9.97. The van der Waals surface area contributed by atoms with Crippen molar-refractivity contribution >= 4 is 23.9 Å². The Kier molecular flexibility index (Phi) is 4.37. The number of nitrogens with zero attached hydrogens (tertiary/aromatic N) is 1. The fourth-order valence-corrected chi connectivity index (χ4v) is 2.15. The molecule has 110 valence electrons. The van der Waals surface area contributed by atoms with Gasteiger partial charge in [-0.15, -0.1) is 0 Å². The van der Waals surface area contributed by atoms with Gasteiger partial charge in [0.05, 0.1) is 6.54 Å². The van der Waals surface area contributed by atoms with Gasteiger partial charge in [-0.1, -0.05) is 6.07 Å². The summed E-state index contributed by atoms with van der Waals surface area (Å²) in [5, 5.41) is 11.3. The summed E-state index contributed by atoms with van der Waals surface area (Å²) in [7, 11) is 0. The van der Waals surface area contributed by atoms with E-state index in [4.69, 9.17) is 5.11 Å². The SMILES string of the molecule is Cc1cc(C(=O)N2CCNC(=O)C2)ccc1/C=C/C(=O)O. The number of carboxylic acid groups (broad SMARTS) is 1. The molecule has 1 fully saturated rings. The van der Waals surface area contributed by atoms with Crippen molar-refractivity contribution in [2.24, 2.45) is 0 Å². The van der Waals surface area contributed by atoms with Gasteiger partial charge in [-0.3, -0.25) is 9.59 Å². The Labute approximate surface area is 122 Å². The highest BCUT2D eigenvalue weighted by Gasteiger charge is 2.22. The molecule has 0 atom stereocenters. The molecule has 6 nitrogen and oxygen atoms in total. The molecule has 0 radical (unpaired) electrons. The molecule has 21 heavy (non-hydrogen) atoms. The highest BCUT2D eigenvalue weighted by molar-refractivity contribution is 5.97. The molecule has 0 unspecified atom stereocenters. The Balaban J connectivity index is 2.17. The van der Waals surface area contributed by atoms with Crippen molar-refractivity contribution in [1.82, 2.24) is 10.2 Å². The van der Waals surface area contributed by atoms with Gasteiger partial charge < -0.3 is 15.3 Å². The van der Waals surface area contributed by atoms with Crippen molar-refractivity contribution in [2.45, 2.75) is 6.92 Å². The molecule has 1 aromatic rings. The molecule has 2 N–H and O–H groups in total. The largest absolute Gasteiger partial charge is 0.478 e. The highest BCUT2D eigenvalue weighted by atomic mass is 16.4. The number of nitrogens with one attached hydrogen (secondary N) is 1. The van der Waals surface area contributed by atoms with Gasteiger partial charge in [-0.25, -0.2) is 4.79 Å². The zero-order valence-corrected chi connectivity index (χ0v) is 11.6. The van der Waals surface area contributed by atoms with Gasteiger partial charge in [0.25, 0.3) is 5.91 Å². The molecule has 0 spiro atoms. The van der Waals surface area contributed by atoms with Crippen LogP contribution in [-0.4, -0.2) is 47.4 Å². The molecule has 0 aliphatic carbocycles. The Hall–Kier alpha value is -2.63. The van der Waals surface area contributed by atoms with Crippen LogP contribution in [0.2, 0.25) is 0 Å². The molecule has 0 bridgehead atoms. The number of hydrogen-bond acceptors (Lipinski definition) is 3. The van der Waals surface area contributed by atoms with E-state index in [1.807, 2.05) is 0 Å². The second-order valence-corrected chi connectivity index (χ2v) is 4.82. The normalized spacial score (nSPS) is 15.1. The summed E-state index contributed by atoms with van der Waals surface area (Å²) >= 11 is 0. The highest BCUT2D eigenvalue weighted by Crippen LogP contribution is 2.15. The zero-order chi connectivity index (χ0) is 15.4. The minimum atomic E-state index is -1.02. The van der Waals surface area contributed by atoms with E-state index in [0.29, 0.717) is 18.7 Å². The number of piperazine rings is 1. The van der Waals surface area contributed by atoms with Crippen LogP contribution >= 0.6 is 0 Å². The summed E-state index contributed by atoms with van der Waals surface area (Å²) < 4.78 is 0. The third kappa shape index (κ3) is 3.68. The first-order valence-electron chi connectivity index (χ1n) is 6.55. The average Bonchev–Trinajstić information content (AvgIpc) is 2.45. The van der Waals surface area contributed by atoms with Crippen molar-refractivity contribution in [3.8, 4) is 0 Å². The van der Waals surface area contributed by atoms with E-state index in [-0.39, 0.29) is 18.4 Å². The van der Waals surface area contributed by atoms with E-state index in [1.54, 1.807) is 25.1 Å². The lowest BCUT2D eigenvalue weighted by Crippen LogP contribution is -2.49. The number of benzene rings is 1. The fraction of sp³-hybridized carbons (Fsp3) is 0.267. The molecule has 1 saturated heterocycles.